The molecule has 0 heterocycles. The van der Waals surface area contributed by atoms with Crippen molar-refractivity contribution >= 4 is 23.2 Å². The highest BCUT2D eigenvalue weighted by Gasteiger charge is 2.15. The molecular weight excluding hydrogens is 204 g/mol. The summed E-state index contributed by atoms with van der Waals surface area (Å²) in [5, 5.41) is 0.327. The van der Waals surface area contributed by atoms with Gasteiger partial charge in [-0.25, -0.2) is 0 Å². The van der Waals surface area contributed by atoms with Crippen molar-refractivity contribution in [2.24, 2.45) is 5.73 Å². The molecule has 5 heteroatoms. The van der Waals surface area contributed by atoms with E-state index in [0.29, 0.717) is 22.0 Å². The Morgan fingerprint density at radius 1 is 1.57 bits per heavy atom. The Balaban J connectivity index is 3.47. The molecule has 0 atom stereocenters. The van der Waals surface area contributed by atoms with Crippen LogP contribution in [0.4, 0.5) is 5.69 Å². The highest BCUT2D eigenvalue weighted by Crippen LogP contribution is 2.34. The van der Waals surface area contributed by atoms with Gasteiger partial charge in [0.1, 0.15) is 5.75 Å². The number of hydrogen-bond donors (Lipinski definition) is 2. The normalized spacial score (nSPS) is 9.93. The predicted molar refractivity (Wildman–Crippen MR) is 55.7 cm³/mol. The van der Waals surface area contributed by atoms with Gasteiger partial charge in [-0.15, -0.1) is 0 Å². The molecule has 0 saturated heterocycles. The monoisotopic (exact) mass is 214 g/mol. The van der Waals surface area contributed by atoms with Crippen LogP contribution in [0, 0.1) is 6.92 Å². The number of primary amides is 1. The van der Waals surface area contributed by atoms with E-state index >= 15 is 0 Å². The smallest absolute Gasteiger partial charge is 0.250 e. The van der Waals surface area contributed by atoms with E-state index in [0.717, 1.165) is 0 Å². The molecule has 0 fully saturated rings. The topological polar surface area (TPSA) is 78.3 Å². The van der Waals surface area contributed by atoms with Crippen LogP contribution in [0.5, 0.6) is 5.75 Å². The van der Waals surface area contributed by atoms with Crippen molar-refractivity contribution in [2.75, 3.05) is 12.8 Å². The van der Waals surface area contributed by atoms with Gasteiger partial charge < -0.3 is 16.2 Å². The summed E-state index contributed by atoms with van der Waals surface area (Å²) in [6, 6.07) is 1.41. The molecular formula is C9H11ClN2O2. The molecule has 4 N–H and O–H groups in total. The zero-order valence-electron chi connectivity index (χ0n) is 7.93. The largest absolute Gasteiger partial charge is 0.495 e. The van der Waals surface area contributed by atoms with Crippen LogP contribution in [0.2, 0.25) is 5.02 Å². The third kappa shape index (κ3) is 1.61. The van der Waals surface area contributed by atoms with E-state index in [2.05, 4.69) is 0 Å². The summed E-state index contributed by atoms with van der Waals surface area (Å²) in [5.41, 5.74) is 12.0. The first kappa shape index (κ1) is 10.7. The molecule has 0 aliphatic heterocycles. The van der Waals surface area contributed by atoms with Crippen LogP contribution in [0.25, 0.3) is 0 Å². The Kier molecular flexibility index (Phi) is 2.86. The van der Waals surface area contributed by atoms with Gasteiger partial charge in [0.05, 0.1) is 23.4 Å². The summed E-state index contributed by atoms with van der Waals surface area (Å²) >= 11 is 5.86. The van der Waals surface area contributed by atoms with E-state index in [1.807, 2.05) is 0 Å². The Bertz CT molecular complexity index is 391. The van der Waals surface area contributed by atoms with E-state index in [-0.39, 0.29) is 5.56 Å². The van der Waals surface area contributed by atoms with E-state index in [9.17, 15) is 4.79 Å². The van der Waals surface area contributed by atoms with Crippen LogP contribution in [0.1, 0.15) is 15.9 Å². The summed E-state index contributed by atoms with van der Waals surface area (Å²) in [5.74, 6) is -0.135. The first-order chi connectivity index (χ1) is 6.49. The Labute approximate surface area is 86.8 Å². The van der Waals surface area contributed by atoms with E-state index in [1.54, 1.807) is 6.92 Å². The minimum Gasteiger partial charge on any atom is -0.495 e. The van der Waals surface area contributed by atoms with Gasteiger partial charge in [-0.2, -0.15) is 0 Å². The van der Waals surface area contributed by atoms with Gasteiger partial charge in [-0.3, -0.25) is 4.79 Å². The fraction of sp³-hybridized carbons (Fsp3) is 0.222. The summed E-state index contributed by atoms with van der Waals surface area (Å²) in [6.07, 6.45) is 0. The number of ether oxygens (including phenoxy) is 1. The third-order valence-corrected chi connectivity index (χ3v) is 2.27. The zero-order valence-corrected chi connectivity index (χ0v) is 8.68. The number of hydrogen-bond acceptors (Lipinski definition) is 3. The number of carbonyl (C=O) groups excluding carboxylic acids is 1. The molecule has 14 heavy (non-hydrogen) atoms. The molecule has 0 radical (unpaired) electrons. The number of halogens is 1. The lowest BCUT2D eigenvalue weighted by atomic mass is 10.1. The predicted octanol–water partition coefficient (Wildman–Crippen LogP) is 1.34. The summed E-state index contributed by atoms with van der Waals surface area (Å²) in [7, 11) is 1.48. The average molecular weight is 215 g/mol. The number of methoxy groups -OCH3 is 1. The number of benzene rings is 1. The SMILES string of the molecule is COc1c(Cl)cc(C(N)=O)c(N)c1C. The van der Waals surface area contributed by atoms with Crippen LogP contribution in [-0.4, -0.2) is 13.0 Å². The van der Waals surface area contributed by atoms with Crippen molar-refractivity contribution in [3.8, 4) is 5.75 Å². The fourth-order valence-electron chi connectivity index (χ4n) is 1.23. The van der Waals surface area contributed by atoms with Crippen molar-refractivity contribution in [2.45, 2.75) is 6.92 Å². The maximum Gasteiger partial charge on any atom is 0.250 e. The molecule has 0 aliphatic rings. The molecule has 4 nitrogen and oxygen atoms in total. The standard InChI is InChI=1S/C9H11ClN2O2/c1-4-7(11)5(9(12)13)3-6(10)8(4)14-2/h3H,11H2,1-2H3,(H2,12,13). The van der Waals surface area contributed by atoms with Crippen molar-refractivity contribution in [3.05, 3.63) is 22.2 Å². The van der Waals surface area contributed by atoms with Crippen LogP contribution >= 0.6 is 11.6 Å². The van der Waals surface area contributed by atoms with Crippen molar-refractivity contribution in [1.82, 2.24) is 0 Å². The highest BCUT2D eigenvalue weighted by atomic mass is 35.5. The Morgan fingerprint density at radius 3 is 2.57 bits per heavy atom. The first-order valence-corrected chi connectivity index (χ1v) is 4.29. The maximum atomic E-state index is 11.0. The van der Waals surface area contributed by atoms with Crippen LogP contribution < -0.4 is 16.2 Å². The van der Waals surface area contributed by atoms with Gasteiger partial charge >= 0.3 is 0 Å². The number of nitrogen functional groups attached to an aromatic ring is 1. The molecule has 0 aromatic heterocycles. The number of rotatable bonds is 2. The molecule has 0 bridgehead atoms. The molecule has 0 saturated carbocycles. The molecule has 0 spiro atoms. The van der Waals surface area contributed by atoms with Gasteiger partial charge in [0.2, 0.25) is 0 Å². The molecule has 1 rings (SSSR count). The summed E-state index contributed by atoms with van der Waals surface area (Å²) < 4.78 is 5.03. The average Bonchev–Trinajstić information content (AvgIpc) is 2.12. The molecule has 1 aromatic carbocycles. The summed E-state index contributed by atoms with van der Waals surface area (Å²) in [6.45, 7) is 1.71. The second-order valence-electron chi connectivity index (χ2n) is 2.84. The fourth-order valence-corrected chi connectivity index (χ4v) is 1.56. The lowest BCUT2D eigenvalue weighted by Gasteiger charge is -2.12. The van der Waals surface area contributed by atoms with E-state index in [4.69, 9.17) is 27.8 Å². The molecule has 1 amide bonds. The van der Waals surface area contributed by atoms with Gasteiger partial charge in [-0.1, -0.05) is 11.6 Å². The summed E-state index contributed by atoms with van der Waals surface area (Å²) in [4.78, 5) is 11.0. The molecule has 1 aromatic rings. The number of carbonyl (C=O) groups is 1. The van der Waals surface area contributed by atoms with Crippen molar-refractivity contribution in [1.29, 1.82) is 0 Å². The lowest BCUT2D eigenvalue weighted by Crippen LogP contribution is -2.14. The second-order valence-corrected chi connectivity index (χ2v) is 3.25. The Hall–Kier alpha value is -1.42. The first-order valence-electron chi connectivity index (χ1n) is 3.91. The third-order valence-electron chi connectivity index (χ3n) is 1.99. The van der Waals surface area contributed by atoms with E-state index in [1.165, 1.54) is 13.2 Å². The van der Waals surface area contributed by atoms with E-state index < -0.39 is 5.91 Å². The van der Waals surface area contributed by atoms with Crippen LogP contribution in [0.15, 0.2) is 6.07 Å². The maximum absolute atomic E-state index is 11.0. The molecule has 0 unspecified atom stereocenters. The lowest BCUT2D eigenvalue weighted by molar-refractivity contribution is 0.100. The highest BCUT2D eigenvalue weighted by molar-refractivity contribution is 6.32. The van der Waals surface area contributed by atoms with Gasteiger partial charge in [0.15, 0.2) is 0 Å². The van der Waals surface area contributed by atoms with Crippen molar-refractivity contribution in [3.63, 3.8) is 0 Å². The minimum absolute atomic E-state index is 0.216. The van der Waals surface area contributed by atoms with Gasteiger partial charge in [0, 0.05) is 5.56 Å². The van der Waals surface area contributed by atoms with Gasteiger partial charge in [0.25, 0.3) is 5.91 Å². The van der Waals surface area contributed by atoms with Crippen LogP contribution in [0.3, 0.4) is 0 Å². The number of anilines is 1. The molecule has 0 aliphatic carbocycles. The number of nitrogens with two attached hydrogens (primary N) is 2. The minimum atomic E-state index is -0.602. The molecule has 76 valence electrons. The van der Waals surface area contributed by atoms with Gasteiger partial charge in [-0.05, 0) is 13.0 Å². The van der Waals surface area contributed by atoms with Crippen molar-refractivity contribution < 1.29 is 9.53 Å². The number of amides is 1. The quantitative estimate of drug-likeness (QED) is 0.730. The van der Waals surface area contributed by atoms with Crippen LogP contribution in [-0.2, 0) is 0 Å². The Morgan fingerprint density at radius 2 is 2.14 bits per heavy atom. The second kappa shape index (κ2) is 3.75. The zero-order chi connectivity index (χ0) is 10.9.